The number of piperidine rings is 1. The molecule has 1 aliphatic heterocycles. The zero-order chi connectivity index (χ0) is 29.9. The topological polar surface area (TPSA) is 98.8 Å². The van der Waals surface area contributed by atoms with Crippen LogP contribution in [0.4, 0.5) is 4.39 Å². The van der Waals surface area contributed by atoms with E-state index in [9.17, 15) is 19.9 Å². The summed E-state index contributed by atoms with van der Waals surface area (Å²) in [5, 5.41) is 29.8. The van der Waals surface area contributed by atoms with Gasteiger partial charge in [-0.25, -0.2) is 4.39 Å². The number of aliphatic hydroxyl groups is 1. The second kappa shape index (κ2) is 12.6. The van der Waals surface area contributed by atoms with Gasteiger partial charge in [-0.2, -0.15) is 5.26 Å². The number of β-amino-alcohol motifs (C(OH)–C–C–N with tert-alkyl or cyclic N) is 1. The highest BCUT2D eigenvalue weighted by Gasteiger charge is 2.29. The molecule has 7 nitrogen and oxygen atoms in total. The summed E-state index contributed by atoms with van der Waals surface area (Å²) in [5.74, 6) is 0.0392. The number of fused-ring (bicyclic) bond motifs is 1. The number of ether oxygens (including phenoxy) is 2. The SMILES string of the molecule is N#Cc1cncc(COc2cc(O[C@H]3CCc4c(-c5cccc(O)c5F)cccc43)c(Cl)cc2CN2CCCC(O)C2)c1. The summed E-state index contributed by atoms with van der Waals surface area (Å²) in [6, 6.07) is 17.8. The Labute approximate surface area is 254 Å². The number of nitriles is 1. The maximum absolute atomic E-state index is 14.8. The summed E-state index contributed by atoms with van der Waals surface area (Å²) in [6.07, 6.45) is 5.56. The largest absolute Gasteiger partial charge is 0.505 e. The van der Waals surface area contributed by atoms with Crippen LogP contribution in [0.3, 0.4) is 0 Å². The number of aromatic hydroxyl groups is 1. The molecule has 1 aliphatic carbocycles. The standard InChI is InChI=1S/C34H31ClFN3O4/c35-29-13-23(18-39-11-3-4-24(40)19-39)32(42-20-22-12-21(15-37)16-38-17-22)14-33(29)43-31-10-9-26-25(5-1-6-27(26)31)28-7-2-8-30(41)34(28)36/h1-2,5-8,12-14,16-17,24,31,40-41H,3-4,9-11,18-20H2/t24?,31-/m0/s1. The molecule has 2 N–H and O–H groups in total. The quantitative estimate of drug-likeness (QED) is 0.232. The third-order valence-electron chi connectivity index (χ3n) is 8.06. The zero-order valence-electron chi connectivity index (χ0n) is 23.5. The average molecular weight is 600 g/mol. The number of hydrogen-bond donors (Lipinski definition) is 2. The van der Waals surface area contributed by atoms with Gasteiger partial charge >= 0.3 is 0 Å². The number of aliphatic hydroxyl groups excluding tert-OH is 1. The summed E-state index contributed by atoms with van der Waals surface area (Å²) in [7, 11) is 0. The molecular weight excluding hydrogens is 569 g/mol. The third-order valence-corrected chi connectivity index (χ3v) is 8.36. The molecular formula is C34H31ClFN3O4. The van der Waals surface area contributed by atoms with Crippen LogP contribution in [0, 0.1) is 17.1 Å². The predicted molar refractivity (Wildman–Crippen MR) is 160 cm³/mol. The summed E-state index contributed by atoms with van der Waals surface area (Å²) in [5.41, 5.74) is 5.09. The van der Waals surface area contributed by atoms with Gasteiger partial charge in [-0.15, -0.1) is 0 Å². The van der Waals surface area contributed by atoms with E-state index < -0.39 is 5.82 Å². The Hall–Kier alpha value is -4.16. The fourth-order valence-electron chi connectivity index (χ4n) is 6.00. The van der Waals surface area contributed by atoms with Crippen LogP contribution in [0.15, 0.2) is 67.0 Å². The minimum absolute atomic E-state index is 0.199. The number of phenols is 1. The minimum atomic E-state index is -0.641. The van der Waals surface area contributed by atoms with Gasteiger partial charge in [0.2, 0.25) is 0 Å². The second-order valence-corrected chi connectivity index (χ2v) is 11.5. The van der Waals surface area contributed by atoms with Crippen molar-refractivity contribution >= 4 is 11.6 Å². The number of halogens is 2. The summed E-state index contributed by atoms with van der Waals surface area (Å²) in [6.45, 7) is 2.18. The van der Waals surface area contributed by atoms with E-state index in [4.69, 9.17) is 21.1 Å². The number of benzene rings is 3. The highest BCUT2D eigenvalue weighted by Crippen LogP contribution is 2.44. The van der Waals surface area contributed by atoms with E-state index in [1.807, 2.05) is 24.3 Å². The Morgan fingerprint density at radius 1 is 1.07 bits per heavy atom. The highest BCUT2D eigenvalue weighted by molar-refractivity contribution is 6.32. The maximum atomic E-state index is 14.8. The van der Waals surface area contributed by atoms with Crippen LogP contribution >= 0.6 is 11.6 Å². The van der Waals surface area contributed by atoms with E-state index in [0.29, 0.717) is 53.6 Å². The number of nitrogens with zero attached hydrogens (tertiary/aromatic N) is 3. The molecule has 1 unspecified atom stereocenters. The van der Waals surface area contributed by atoms with Gasteiger partial charge in [0.1, 0.15) is 30.3 Å². The smallest absolute Gasteiger partial charge is 0.172 e. The van der Waals surface area contributed by atoms with Crippen molar-refractivity contribution in [3.8, 4) is 34.4 Å². The molecule has 220 valence electrons. The van der Waals surface area contributed by atoms with Gasteiger partial charge < -0.3 is 19.7 Å². The highest BCUT2D eigenvalue weighted by atomic mass is 35.5. The molecule has 6 rings (SSSR count). The molecule has 2 heterocycles. The van der Waals surface area contributed by atoms with Crippen molar-refractivity contribution in [1.82, 2.24) is 9.88 Å². The van der Waals surface area contributed by atoms with Crippen molar-refractivity contribution in [2.24, 2.45) is 0 Å². The maximum Gasteiger partial charge on any atom is 0.172 e. The van der Waals surface area contributed by atoms with Gasteiger partial charge in [-0.05, 0) is 67.1 Å². The molecule has 2 aliphatic rings. The lowest BCUT2D eigenvalue weighted by atomic mass is 9.96. The van der Waals surface area contributed by atoms with Crippen LogP contribution in [0.2, 0.25) is 5.02 Å². The number of aromatic nitrogens is 1. The van der Waals surface area contributed by atoms with Gasteiger partial charge in [0, 0.05) is 48.2 Å². The lowest BCUT2D eigenvalue weighted by molar-refractivity contribution is 0.0662. The number of rotatable bonds is 8. The Kier molecular flexibility index (Phi) is 8.48. The molecule has 0 spiro atoms. The first-order chi connectivity index (χ1) is 20.9. The summed E-state index contributed by atoms with van der Waals surface area (Å²) >= 11 is 6.80. The molecule has 0 amide bonds. The van der Waals surface area contributed by atoms with Gasteiger partial charge in [0.25, 0.3) is 0 Å². The molecule has 3 aromatic carbocycles. The molecule has 9 heteroatoms. The van der Waals surface area contributed by atoms with Crippen molar-refractivity contribution < 1.29 is 24.1 Å². The van der Waals surface area contributed by atoms with E-state index in [2.05, 4.69) is 16.0 Å². The third kappa shape index (κ3) is 6.30. The first-order valence-electron chi connectivity index (χ1n) is 14.4. The van der Waals surface area contributed by atoms with Gasteiger partial charge in [0.15, 0.2) is 11.6 Å². The zero-order valence-corrected chi connectivity index (χ0v) is 24.2. The number of likely N-dealkylation sites (tertiary alicyclic amines) is 1. The van der Waals surface area contributed by atoms with E-state index in [0.717, 1.165) is 47.2 Å². The Morgan fingerprint density at radius 2 is 1.91 bits per heavy atom. The average Bonchev–Trinajstić information content (AvgIpc) is 3.42. The van der Waals surface area contributed by atoms with Crippen LogP contribution in [-0.4, -0.2) is 39.3 Å². The van der Waals surface area contributed by atoms with E-state index >= 15 is 0 Å². The van der Waals surface area contributed by atoms with Crippen molar-refractivity contribution in [2.75, 3.05) is 13.1 Å². The second-order valence-electron chi connectivity index (χ2n) is 11.1. The summed E-state index contributed by atoms with van der Waals surface area (Å²) < 4.78 is 27.6. The van der Waals surface area contributed by atoms with Crippen LogP contribution in [0.1, 0.15) is 53.2 Å². The molecule has 1 aromatic heterocycles. The van der Waals surface area contributed by atoms with Crippen LogP contribution < -0.4 is 9.47 Å². The Morgan fingerprint density at radius 3 is 2.74 bits per heavy atom. The number of pyridine rings is 1. The molecule has 0 radical (unpaired) electrons. The van der Waals surface area contributed by atoms with Crippen molar-refractivity contribution in [3.05, 3.63) is 106 Å². The van der Waals surface area contributed by atoms with Crippen molar-refractivity contribution in [1.29, 1.82) is 5.26 Å². The minimum Gasteiger partial charge on any atom is -0.505 e. The normalized spacial score (nSPS) is 18.2. The summed E-state index contributed by atoms with van der Waals surface area (Å²) in [4.78, 5) is 6.31. The first kappa shape index (κ1) is 28.9. The molecule has 1 fully saturated rings. The lowest BCUT2D eigenvalue weighted by Crippen LogP contribution is -2.37. The predicted octanol–water partition coefficient (Wildman–Crippen LogP) is 6.72. The van der Waals surface area contributed by atoms with E-state index in [1.165, 1.54) is 12.3 Å². The molecule has 43 heavy (non-hydrogen) atoms. The molecule has 4 aromatic rings. The Balaban J connectivity index is 1.29. The Bertz CT molecular complexity index is 1690. The number of phenolic OH excluding ortho intramolecular Hbond substituents is 1. The molecule has 0 bridgehead atoms. The van der Waals surface area contributed by atoms with Crippen LogP contribution in [0.25, 0.3) is 11.1 Å². The van der Waals surface area contributed by atoms with Gasteiger partial charge in [0.05, 0.1) is 16.7 Å². The van der Waals surface area contributed by atoms with Gasteiger partial charge in [-0.1, -0.05) is 41.9 Å². The van der Waals surface area contributed by atoms with Crippen LogP contribution in [0.5, 0.6) is 17.2 Å². The van der Waals surface area contributed by atoms with Crippen molar-refractivity contribution in [3.63, 3.8) is 0 Å². The molecule has 1 saturated heterocycles. The van der Waals surface area contributed by atoms with Gasteiger partial charge in [-0.3, -0.25) is 9.88 Å². The fourth-order valence-corrected chi connectivity index (χ4v) is 6.23. The monoisotopic (exact) mass is 599 g/mol. The molecule has 2 atom stereocenters. The van der Waals surface area contributed by atoms with Crippen LogP contribution in [-0.2, 0) is 19.6 Å². The van der Waals surface area contributed by atoms with E-state index in [-0.39, 0.29) is 24.6 Å². The lowest BCUT2D eigenvalue weighted by Gasteiger charge is -2.30. The fraction of sp³-hybridized carbons (Fsp3) is 0.294. The van der Waals surface area contributed by atoms with Crippen molar-refractivity contribution in [2.45, 2.75) is 51.0 Å². The molecule has 0 saturated carbocycles. The first-order valence-corrected chi connectivity index (χ1v) is 14.7. The van der Waals surface area contributed by atoms with E-state index in [1.54, 1.807) is 30.5 Å². The number of hydrogen-bond acceptors (Lipinski definition) is 7.